The lowest BCUT2D eigenvalue weighted by Crippen LogP contribution is -2.49. The summed E-state index contributed by atoms with van der Waals surface area (Å²) in [5.41, 5.74) is 3.53. The van der Waals surface area contributed by atoms with Crippen molar-refractivity contribution < 1.29 is 14.3 Å². The number of aryl methyl sites for hydroxylation is 1. The van der Waals surface area contributed by atoms with Gasteiger partial charge in [-0.05, 0) is 42.7 Å². The van der Waals surface area contributed by atoms with E-state index in [-0.39, 0.29) is 5.82 Å². The number of benzene rings is 2. The molecule has 0 aliphatic carbocycles. The molecule has 5 heteroatoms. The number of piperazine rings is 1. The SMILES string of the molecule is Cc1cccc([C@@H](C(=O)O)N2CCN(c3ccccc3F)CC2)c1C. The van der Waals surface area contributed by atoms with Gasteiger partial charge in [-0.3, -0.25) is 9.69 Å². The molecular weight excluding hydrogens is 319 g/mol. The second kappa shape index (κ2) is 7.23. The van der Waals surface area contributed by atoms with Crippen molar-refractivity contribution in [2.45, 2.75) is 19.9 Å². The van der Waals surface area contributed by atoms with Crippen LogP contribution in [-0.4, -0.2) is 42.2 Å². The topological polar surface area (TPSA) is 43.8 Å². The van der Waals surface area contributed by atoms with Gasteiger partial charge in [-0.2, -0.15) is 0 Å². The molecular formula is C20H23FN2O2. The average Bonchev–Trinajstić information content (AvgIpc) is 2.60. The summed E-state index contributed by atoms with van der Waals surface area (Å²) in [4.78, 5) is 15.9. The van der Waals surface area contributed by atoms with Crippen LogP contribution in [0.2, 0.25) is 0 Å². The van der Waals surface area contributed by atoms with Gasteiger partial charge in [0.05, 0.1) is 5.69 Å². The molecule has 1 atom stereocenters. The Morgan fingerprint density at radius 1 is 1.04 bits per heavy atom. The highest BCUT2D eigenvalue weighted by Crippen LogP contribution is 2.28. The summed E-state index contributed by atoms with van der Waals surface area (Å²) in [6, 6.07) is 11.9. The molecule has 2 aromatic rings. The summed E-state index contributed by atoms with van der Waals surface area (Å²) < 4.78 is 14.0. The Balaban J connectivity index is 1.79. The summed E-state index contributed by atoms with van der Waals surface area (Å²) in [7, 11) is 0. The maximum atomic E-state index is 14.0. The number of carbonyl (C=O) groups is 1. The lowest BCUT2D eigenvalue weighted by atomic mass is 9.96. The number of halogens is 1. The van der Waals surface area contributed by atoms with Gasteiger partial charge in [0.1, 0.15) is 11.9 Å². The number of anilines is 1. The van der Waals surface area contributed by atoms with E-state index in [4.69, 9.17) is 0 Å². The van der Waals surface area contributed by atoms with E-state index in [1.165, 1.54) is 6.07 Å². The van der Waals surface area contributed by atoms with Crippen molar-refractivity contribution in [3.8, 4) is 0 Å². The van der Waals surface area contributed by atoms with Gasteiger partial charge in [-0.1, -0.05) is 30.3 Å². The number of carboxylic acid groups (broad SMARTS) is 1. The molecule has 0 spiro atoms. The summed E-state index contributed by atoms with van der Waals surface area (Å²) in [6.45, 7) is 6.34. The highest BCUT2D eigenvalue weighted by atomic mass is 19.1. The summed E-state index contributed by atoms with van der Waals surface area (Å²) in [5, 5.41) is 9.81. The smallest absolute Gasteiger partial charge is 0.325 e. The predicted molar refractivity (Wildman–Crippen MR) is 96.5 cm³/mol. The zero-order chi connectivity index (χ0) is 18.0. The van der Waals surface area contributed by atoms with Crippen molar-refractivity contribution in [1.82, 2.24) is 4.90 Å². The van der Waals surface area contributed by atoms with Crippen molar-refractivity contribution in [3.63, 3.8) is 0 Å². The van der Waals surface area contributed by atoms with Crippen LogP contribution in [0.3, 0.4) is 0 Å². The molecule has 1 N–H and O–H groups in total. The van der Waals surface area contributed by atoms with Crippen LogP contribution in [0, 0.1) is 19.7 Å². The maximum Gasteiger partial charge on any atom is 0.325 e. The molecule has 1 heterocycles. The fraction of sp³-hybridized carbons (Fsp3) is 0.350. The Bertz CT molecular complexity index is 770. The lowest BCUT2D eigenvalue weighted by Gasteiger charge is -2.39. The molecule has 0 aromatic heterocycles. The van der Waals surface area contributed by atoms with Gasteiger partial charge in [0.15, 0.2) is 0 Å². The molecule has 0 bridgehead atoms. The van der Waals surface area contributed by atoms with Crippen molar-refractivity contribution >= 4 is 11.7 Å². The van der Waals surface area contributed by atoms with Crippen molar-refractivity contribution in [2.24, 2.45) is 0 Å². The van der Waals surface area contributed by atoms with Crippen LogP contribution in [0.15, 0.2) is 42.5 Å². The zero-order valence-electron chi connectivity index (χ0n) is 14.6. The molecule has 1 aliphatic rings. The zero-order valence-corrected chi connectivity index (χ0v) is 14.6. The van der Waals surface area contributed by atoms with E-state index in [0.717, 1.165) is 16.7 Å². The number of aliphatic carboxylic acids is 1. The van der Waals surface area contributed by atoms with Gasteiger partial charge in [-0.25, -0.2) is 4.39 Å². The van der Waals surface area contributed by atoms with Gasteiger partial charge < -0.3 is 10.0 Å². The van der Waals surface area contributed by atoms with Gasteiger partial charge in [-0.15, -0.1) is 0 Å². The number of rotatable bonds is 4. The molecule has 2 aromatic carbocycles. The molecule has 0 amide bonds. The minimum atomic E-state index is -0.840. The number of hydrogen-bond donors (Lipinski definition) is 1. The van der Waals surface area contributed by atoms with E-state index >= 15 is 0 Å². The van der Waals surface area contributed by atoms with Crippen molar-refractivity contribution in [3.05, 3.63) is 65.0 Å². The fourth-order valence-corrected chi connectivity index (χ4v) is 3.49. The molecule has 1 aliphatic heterocycles. The van der Waals surface area contributed by atoms with Gasteiger partial charge in [0, 0.05) is 26.2 Å². The second-order valence-corrected chi connectivity index (χ2v) is 6.50. The molecule has 3 rings (SSSR count). The third kappa shape index (κ3) is 3.51. The molecule has 0 unspecified atom stereocenters. The Morgan fingerprint density at radius 2 is 1.72 bits per heavy atom. The molecule has 0 radical (unpaired) electrons. The van der Waals surface area contributed by atoms with Crippen LogP contribution >= 0.6 is 0 Å². The average molecular weight is 342 g/mol. The second-order valence-electron chi connectivity index (χ2n) is 6.50. The minimum Gasteiger partial charge on any atom is -0.480 e. The third-order valence-electron chi connectivity index (χ3n) is 5.05. The molecule has 1 fully saturated rings. The molecule has 25 heavy (non-hydrogen) atoms. The summed E-state index contributed by atoms with van der Waals surface area (Å²) in [6.07, 6.45) is 0. The van der Waals surface area contributed by atoms with E-state index in [1.807, 2.05) is 47.9 Å². The lowest BCUT2D eigenvalue weighted by molar-refractivity contribution is -0.143. The van der Waals surface area contributed by atoms with E-state index in [0.29, 0.717) is 31.9 Å². The normalized spacial score (nSPS) is 16.7. The van der Waals surface area contributed by atoms with Gasteiger partial charge >= 0.3 is 5.97 Å². The van der Waals surface area contributed by atoms with E-state index in [2.05, 4.69) is 0 Å². The van der Waals surface area contributed by atoms with Gasteiger partial charge in [0.25, 0.3) is 0 Å². The number of para-hydroxylation sites is 1. The number of hydrogen-bond acceptors (Lipinski definition) is 3. The van der Waals surface area contributed by atoms with Crippen molar-refractivity contribution in [2.75, 3.05) is 31.1 Å². The first-order valence-electron chi connectivity index (χ1n) is 8.51. The number of nitrogens with zero attached hydrogens (tertiary/aromatic N) is 2. The van der Waals surface area contributed by atoms with Crippen LogP contribution in [0.5, 0.6) is 0 Å². The first-order chi connectivity index (χ1) is 12.0. The molecule has 132 valence electrons. The highest BCUT2D eigenvalue weighted by Gasteiger charge is 2.31. The molecule has 0 saturated carbocycles. The monoisotopic (exact) mass is 342 g/mol. The molecule has 1 saturated heterocycles. The van der Waals surface area contributed by atoms with Crippen LogP contribution in [0.1, 0.15) is 22.7 Å². The quantitative estimate of drug-likeness (QED) is 0.925. The van der Waals surface area contributed by atoms with Crippen LogP contribution in [-0.2, 0) is 4.79 Å². The minimum absolute atomic E-state index is 0.236. The Morgan fingerprint density at radius 3 is 2.36 bits per heavy atom. The first kappa shape index (κ1) is 17.4. The fourth-order valence-electron chi connectivity index (χ4n) is 3.49. The standard InChI is InChI=1S/C20H23FN2O2/c1-14-6-5-7-16(15(14)2)19(20(24)25)23-12-10-22(11-13-23)18-9-4-3-8-17(18)21/h3-9,19H,10-13H2,1-2H3,(H,24,25)/t19-/m0/s1. The number of carboxylic acids is 1. The molecule has 4 nitrogen and oxygen atoms in total. The Kier molecular flexibility index (Phi) is 5.04. The summed E-state index contributed by atoms with van der Waals surface area (Å²) >= 11 is 0. The van der Waals surface area contributed by atoms with E-state index < -0.39 is 12.0 Å². The van der Waals surface area contributed by atoms with Crippen LogP contribution in [0.25, 0.3) is 0 Å². The van der Waals surface area contributed by atoms with Gasteiger partial charge in [0.2, 0.25) is 0 Å². The first-order valence-corrected chi connectivity index (χ1v) is 8.51. The van der Waals surface area contributed by atoms with Crippen LogP contribution in [0.4, 0.5) is 10.1 Å². The summed E-state index contributed by atoms with van der Waals surface area (Å²) in [5.74, 6) is -1.08. The predicted octanol–water partition coefficient (Wildman–Crippen LogP) is 3.39. The third-order valence-corrected chi connectivity index (χ3v) is 5.05. The van der Waals surface area contributed by atoms with E-state index in [1.54, 1.807) is 12.1 Å². The Hall–Kier alpha value is -2.40. The van der Waals surface area contributed by atoms with E-state index in [9.17, 15) is 14.3 Å². The maximum absolute atomic E-state index is 14.0. The highest BCUT2D eigenvalue weighted by molar-refractivity contribution is 5.76. The van der Waals surface area contributed by atoms with Crippen molar-refractivity contribution in [1.29, 1.82) is 0 Å². The Labute approximate surface area is 147 Å². The largest absolute Gasteiger partial charge is 0.480 e. The van der Waals surface area contributed by atoms with Crippen LogP contribution < -0.4 is 4.90 Å².